The third kappa shape index (κ3) is 1.29. The zero-order chi connectivity index (χ0) is 10.2. The molecule has 0 unspecified atom stereocenters. The molecule has 0 saturated carbocycles. The molecule has 1 aromatic carbocycles. The van der Waals surface area contributed by atoms with Gasteiger partial charge in [-0.05, 0) is 11.1 Å². The molecule has 0 saturated heterocycles. The summed E-state index contributed by atoms with van der Waals surface area (Å²) in [5, 5.41) is 0. The van der Waals surface area contributed by atoms with Crippen LogP contribution in [0.25, 0.3) is 0 Å². The van der Waals surface area contributed by atoms with Crippen LogP contribution in [0.1, 0.15) is 11.1 Å². The predicted octanol–water partition coefficient (Wildman–Crippen LogP) is -0.527. The minimum atomic E-state index is -0.863. The summed E-state index contributed by atoms with van der Waals surface area (Å²) in [6.45, 7) is 0. The number of fused-ring (bicyclic) bond motifs is 1. The summed E-state index contributed by atoms with van der Waals surface area (Å²) < 4.78 is 0. The van der Waals surface area contributed by atoms with Crippen LogP contribution in [0.2, 0.25) is 0 Å². The van der Waals surface area contributed by atoms with Gasteiger partial charge in [-0.15, -0.1) is 0 Å². The molecule has 1 aliphatic rings. The highest BCUT2D eigenvalue weighted by molar-refractivity contribution is 5.87. The van der Waals surface area contributed by atoms with E-state index in [0.717, 1.165) is 11.1 Å². The van der Waals surface area contributed by atoms with Gasteiger partial charge in [-0.1, -0.05) is 24.3 Å². The van der Waals surface area contributed by atoms with Gasteiger partial charge in [0, 0.05) is 12.8 Å². The molecule has 0 aliphatic heterocycles. The number of hydrogen-bond donors (Lipinski definition) is 3. The molecule has 4 nitrogen and oxygen atoms in total. The van der Waals surface area contributed by atoms with Gasteiger partial charge in [-0.2, -0.15) is 0 Å². The first-order valence-electron chi connectivity index (χ1n) is 4.52. The fourth-order valence-corrected chi connectivity index (χ4v) is 1.95. The standard InChI is InChI=1S/C10H13N3O/c11-10(9(14)13-12)5-7-3-1-2-4-8(7)6-10/h1-4H,5-6,11-12H2,(H,13,14). The van der Waals surface area contributed by atoms with E-state index in [1.165, 1.54) is 0 Å². The van der Waals surface area contributed by atoms with E-state index < -0.39 is 5.54 Å². The Bertz CT molecular complexity index is 350. The Balaban J connectivity index is 2.30. The molecule has 0 aromatic heterocycles. The first-order valence-corrected chi connectivity index (χ1v) is 4.52. The number of hydrazine groups is 1. The molecule has 4 heteroatoms. The van der Waals surface area contributed by atoms with Gasteiger partial charge in [0.25, 0.3) is 5.91 Å². The van der Waals surface area contributed by atoms with Gasteiger partial charge >= 0.3 is 0 Å². The molecule has 0 heterocycles. The third-order valence-electron chi connectivity index (χ3n) is 2.71. The van der Waals surface area contributed by atoms with E-state index in [1.807, 2.05) is 24.3 Å². The molecule has 5 N–H and O–H groups in total. The van der Waals surface area contributed by atoms with Crippen molar-refractivity contribution in [3.8, 4) is 0 Å². The maximum Gasteiger partial charge on any atom is 0.254 e. The Kier molecular flexibility index (Phi) is 2.02. The number of carbonyl (C=O) groups is 1. The quantitative estimate of drug-likeness (QED) is 0.317. The zero-order valence-corrected chi connectivity index (χ0v) is 7.79. The monoisotopic (exact) mass is 191 g/mol. The summed E-state index contributed by atoms with van der Waals surface area (Å²) in [5.74, 6) is 4.79. The molecule has 1 aliphatic carbocycles. The SMILES string of the molecule is NNC(=O)C1(N)Cc2ccccc2C1. The maximum absolute atomic E-state index is 11.4. The Labute approximate surface area is 82.2 Å². The predicted molar refractivity (Wildman–Crippen MR) is 53.1 cm³/mol. The average Bonchev–Trinajstić information content (AvgIpc) is 2.54. The van der Waals surface area contributed by atoms with Crippen molar-refractivity contribution >= 4 is 5.91 Å². The molecule has 0 atom stereocenters. The molecule has 1 aromatic rings. The third-order valence-corrected chi connectivity index (χ3v) is 2.71. The summed E-state index contributed by atoms with van der Waals surface area (Å²) in [7, 11) is 0. The van der Waals surface area contributed by atoms with Gasteiger partial charge in [0.15, 0.2) is 0 Å². The lowest BCUT2D eigenvalue weighted by molar-refractivity contribution is -0.126. The van der Waals surface area contributed by atoms with Crippen LogP contribution in [0.5, 0.6) is 0 Å². The largest absolute Gasteiger partial charge is 0.317 e. The van der Waals surface area contributed by atoms with E-state index in [2.05, 4.69) is 5.43 Å². The normalized spacial score (nSPS) is 17.6. The minimum Gasteiger partial charge on any atom is -0.317 e. The van der Waals surface area contributed by atoms with Crippen LogP contribution >= 0.6 is 0 Å². The van der Waals surface area contributed by atoms with Crippen molar-refractivity contribution in [1.29, 1.82) is 0 Å². The number of nitrogens with two attached hydrogens (primary N) is 2. The molecular formula is C10H13N3O. The molecule has 1 amide bonds. The molecule has 0 radical (unpaired) electrons. The van der Waals surface area contributed by atoms with Gasteiger partial charge in [0.1, 0.15) is 5.54 Å². The van der Waals surface area contributed by atoms with E-state index in [4.69, 9.17) is 11.6 Å². The van der Waals surface area contributed by atoms with Crippen LogP contribution in [0.15, 0.2) is 24.3 Å². The smallest absolute Gasteiger partial charge is 0.254 e. The second kappa shape index (κ2) is 3.08. The van der Waals surface area contributed by atoms with Gasteiger partial charge in [-0.3, -0.25) is 10.2 Å². The van der Waals surface area contributed by atoms with Crippen molar-refractivity contribution < 1.29 is 4.79 Å². The van der Waals surface area contributed by atoms with Crippen LogP contribution < -0.4 is 17.0 Å². The highest BCUT2D eigenvalue weighted by Gasteiger charge is 2.39. The topological polar surface area (TPSA) is 81.1 Å². The highest BCUT2D eigenvalue weighted by atomic mass is 16.2. The van der Waals surface area contributed by atoms with Crippen LogP contribution in [-0.4, -0.2) is 11.4 Å². The van der Waals surface area contributed by atoms with E-state index in [1.54, 1.807) is 0 Å². The highest BCUT2D eigenvalue weighted by Crippen LogP contribution is 2.27. The van der Waals surface area contributed by atoms with Crippen LogP contribution in [-0.2, 0) is 17.6 Å². The molecule has 2 rings (SSSR count). The minimum absolute atomic E-state index is 0.297. The lowest BCUT2D eigenvalue weighted by Crippen LogP contribution is -2.56. The first-order chi connectivity index (χ1) is 6.65. The number of carbonyl (C=O) groups excluding carboxylic acids is 1. The Morgan fingerprint density at radius 1 is 1.29 bits per heavy atom. The van der Waals surface area contributed by atoms with E-state index in [0.29, 0.717) is 12.8 Å². The molecule has 14 heavy (non-hydrogen) atoms. The van der Waals surface area contributed by atoms with Crippen molar-refractivity contribution in [2.45, 2.75) is 18.4 Å². The fraction of sp³-hybridized carbons (Fsp3) is 0.300. The van der Waals surface area contributed by atoms with E-state index in [-0.39, 0.29) is 5.91 Å². The van der Waals surface area contributed by atoms with E-state index in [9.17, 15) is 4.79 Å². The zero-order valence-electron chi connectivity index (χ0n) is 7.79. The second-order valence-electron chi connectivity index (χ2n) is 3.75. The summed E-state index contributed by atoms with van der Waals surface area (Å²) in [5.41, 5.74) is 9.50. The Morgan fingerprint density at radius 2 is 1.79 bits per heavy atom. The van der Waals surface area contributed by atoms with Crippen molar-refractivity contribution in [1.82, 2.24) is 5.43 Å². The number of nitrogens with one attached hydrogen (secondary N) is 1. The summed E-state index contributed by atoms with van der Waals surface area (Å²) in [6.07, 6.45) is 1.12. The lowest BCUT2D eigenvalue weighted by Gasteiger charge is -2.20. The van der Waals surface area contributed by atoms with Crippen molar-refractivity contribution in [3.63, 3.8) is 0 Å². The summed E-state index contributed by atoms with van der Waals surface area (Å²) in [6, 6.07) is 7.89. The number of benzene rings is 1. The van der Waals surface area contributed by atoms with Gasteiger partial charge in [0.05, 0.1) is 0 Å². The van der Waals surface area contributed by atoms with Gasteiger partial charge in [-0.25, -0.2) is 5.84 Å². The molecular weight excluding hydrogens is 178 g/mol. The van der Waals surface area contributed by atoms with Crippen LogP contribution in [0, 0.1) is 0 Å². The van der Waals surface area contributed by atoms with Crippen LogP contribution in [0.4, 0.5) is 0 Å². The van der Waals surface area contributed by atoms with Gasteiger partial charge in [0.2, 0.25) is 0 Å². The number of amides is 1. The van der Waals surface area contributed by atoms with Crippen LogP contribution in [0.3, 0.4) is 0 Å². The summed E-state index contributed by atoms with van der Waals surface area (Å²) >= 11 is 0. The summed E-state index contributed by atoms with van der Waals surface area (Å²) in [4.78, 5) is 11.4. The van der Waals surface area contributed by atoms with Crippen molar-refractivity contribution in [2.24, 2.45) is 11.6 Å². The second-order valence-corrected chi connectivity index (χ2v) is 3.75. The number of rotatable bonds is 1. The van der Waals surface area contributed by atoms with Crippen molar-refractivity contribution in [3.05, 3.63) is 35.4 Å². The van der Waals surface area contributed by atoms with E-state index >= 15 is 0 Å². The first kappa shape index (κ1) is 9.18. The molecule has 74 valence electrons. The fourth-order valence-electron chi connectivity index (χ4n) is 1.95. The van der Waals surface area contributed by atoms with Gasteiger partial charge < -0.3 is 5.73 Å². The Hall–Kier alpha value is -1.39. The van der Waals surface area contributed by atoms with Crippen molar-refractivity contribution in [2.75, 3.05) is 0 Å². The average molecular weight is 191 g/mol. The molecule has 0 fully saturated rings. The Morgan fingerprint density at radius 3 is 2.21 bits per heavy atom. The maximum atomic E-state index is 11.4. The number of hydrogen-bond acceptors (Lipinski definition) is 3. The molecule has 0 bridgehead atoms. The molecule has 0 spiro atoms. The lowest BCUT2D eigenvalue weighted by atomic mass is 9.96.